The summed E-state index contributed by atoms with van der Waals surface area (Å²) >= 11 is 1.49. The van der Waals surface area contributed by atoms with Gasteiger partial charge < -0.3 is 5.73 Å². The van der Waals surface area contributed by atoms with E-state index in [2.05, 4.69) is 5.32 Å². The molecule has 3 heterocycles. The highest BCUT2D eigenvalue weighted by atomic mass is 32.1. The molecular formula is C14H18N4O3S. The Kier molecular flexibility index (Phi) is 4.12. The Balaban J connectivity index is 1.87. The van der Waals surface area contributed by atoms with E-state index in [0.29, 0.717) is 6.42 Å². The first-order valence-corrected chi connectivity index (χ1v) is 8.12. The lowest BCUT2D eigenvalue weighted by Crippen LogP contribution is -2.68. The molecule has 0 radical (unpaired) electrons. The lowest BCUT2D eigenvalue weighted by Gasteiger charge is -2.46. The summed E-state index contributed by atoms with van der Waals surface area (Å²) in [6.45, 7) is 0.789. The standard InChI is InChI=1S/C14H18N4O3S/c15-11(19)8-17-12-10(4-1-5-16-12)13(20)18(14(17)21)7-9-3-2-6-22-9/h2-3,6,10,12,16H,1,4-5,7-8H2,(H2,15,19). The van der Waals surface area contributed by atoms with Crippen LogP contribution >= 0.6 is 11.3 Å². The van der Waals surface area contributed by atoms with Gasteiger partial charge in [0.15, 0.2) is 0 Å². The number of hydrogen-bond acceptors (Lipinski definition) is 5. The molecule has 0 aliphatic carbocycles. The molecule has 1 aromatic rings. The van der Waals surface area contributed by atoms with Crippen molar-refractivity contribution in [2.75, 3.05) is 13.1 Å². The van der Waals surface area contributed by atoms with Crippen LogP contribution in [0.15, 0.2) is 17.5 Å². The summed E-state index contributed by atoms with van der Waals surface area (Å²) in [5, 5.41) is 5.07. The number of amides is 4. The minimum Gasteiger partial charge on any atom is -0.368 e. The second-order valence-corrected chi connectivity index (χ2v) is 6.56. The molecule has 0 bridgehead atoms. The largest absolute Gasteiger partial charge is 0.368 e. The van der Waals surface area contributed by atoms with Crippen molar-refractivity contribution in [1.29, 1.82) is 0 Å². The number of imide groups is 1. The Labute approximate surface area is 132 Å². The topological polar surface area (TPSA) is 95.7 Å². The molecule has 2 atom stereocenters. The summed E-state index contributed by atoms with van der Waals surface area (Å²) in [4.78, 5) is 40.1. The summed E-state index contributed by atoms with van der Waals surface area (Å²) < 4.78 is 0. The van der Waals surface area contributed by atoms with E-state index >= 15 is 0 Å². The maximum atomic E-state index is 12.7. The Bertz CT molecular complexity index is 589. The third-order valence-corrected chi connectivity index (χ3v) is 4.90. The van der Waals surface area contributed by atoms with Gasteiger partial charge in [-0.3, -0.25) is 24.7 Å². The maximum absolute atomic E-state index is 12.7. The molecule has 2 saturated heterocycles. The SMILES string of the molecule is NC(=O)CN1C(=O)N(Cc2cccs2)C(=O)C2CCCNC21. The second-order valence-electron chi connectivity index (χ2n) is 5.53. The molecule has 118 valence electrons. The molecule has 8 heteroatoms. The number of primary amides is 1. The van der Waals surface area contributed by atoms with Gasteiger partial charge in [-0.25, -0.2) is 4.79 Å². The van der Waals surface area contributed by atoms with Gasteiger partial charge in [-0.15, -0.1) is 11.3 Å². The number of hydrogen-bond donors (Lipinski definition) is 2. The number of carbonyl (C=O) groups excluding carboxylic acids is 3. The normalized spacial score (nSPS) is 25.3. The molecule has 2 aliphatic heterocycles. The van der Waals surface area contributed by atoms with E-state index in [1.807, 2.05) is 17.5 Å². The van der Waals surface area contributed by atoms with Gasteiger partial charge in [0.2, 0.25) is 11.8 Å². The van der Waals surface area contributed by atoms with Gasteiger partial charge in [0.25, 0.3) is 0 Å². The first-order valence-electron chi connectivity index (χ1n) is 7.24. The van der Waals surface area contributed by atoms with Crippen molar-refractivity contribution in [3.05, 3.63) is 22.4 Å². The van der Waals surface area contributed by atoms with E-state index in [-0.39, 0.29) is 24.9 Å². The van der Waals surface area contributed by atoms with Crippen LogP contribution in [0.5, 0.6) is 0 Å². The molecule has 3 rings (SSSR count). The first-order chi connectivity index (χ1) is 10.6. The number of fused-ring (bicyclic) bond motifs is 1. The summed E-state index contributed by atoms with van der Waals surface area (Å²) in [7, 11) is 0. The van der Waals surface area contributed by atoms with Crippen molar-refractivity contribution in [1.82, 2.24) is 15.1 Å². The third-order valence-electron chi connectivity index (χ3n) is 4.04. The zero-order valence-corrected chi connectivity index (χ0v) is 12.8. The maximum Gasteiger partial charge on any atom is 0.328 e. The molecule has 0 aromatic carbocycles. The van der Waals surface area contributed by atoms with Crippen LogP contribution in [0.3, 0.4) is 0 Å². The smallest absolute Gasteiger partial charge is 0.328 e. The molecule has 2 unspecified atom stereocenters. The van der Waals surface area contributed by atoms with E-state index in [1.165, 1.54) is 21.1 Å². The number of nitrogens with two attached hydrogens (primary N) is 1. The van der Waals surface area contributed by atoms with Crippen LogP contribution in [-0.2, 0) is 16.1 Å². The van der Waals surface area contributed by atoms with Crippen LogP contribution in [0.4, 0.5) is 4.79 Å². The van der Waals surface area contributed by atoms with Crippen molar-refractivity contribution in [2.45, 2.75) is 25.6 Å². The van der Waals surface area contributed by atoms with Crippen LogP contribution in [0.1, 0.15) is 17.7 Å². The Morgan fingerprint density at radius 3 is 2.95 bits per heavy atom. The number of piperidine rings is 1. The van der Waals surface area contributed by atoms with Crippen LogP contribution in [0, 0.1) is 5.92 Å². The fourth-order valence-electron chi connectivity index (χ4n) is 3.06. The van der Waals surface area contributed by atoms with E-state index in [9.17, 15) is 14.4 Å². The number of nitrogens with zero attached hydrogens (tertiary/aromatic N) is 2. The van der Waals surface area contributed by atoms with Gasteiger partial charge in [0.1, 0.15) is 6.54 Å². The summed E-state index contributed by atoms with van der Waals surface area (Å²) in [6.07, 6.45) is 1.15. The van der Waals surface area contributed by atoms with Crippen LogP contribution in [0.2, 0.25) is 0 Å². The number of thiophene rings is 1. The van der Waals surface area contributed by atoms with Gasteiger partial charge in [0.05, 0.1) is 18.6 Å². The fraction of sp³-hybridized carbons (Fsp3) is 0.500. The fourth-order valence-corrected chi connectivity index (χ4v) is 3.76. The van der Waals surface area contributed by atoms with Crippen LogP contribution < -0.4 is 11.1 Å². The van der Waals surface area contributed by atoms with Gasteiger partial charge >= 0.3 is 6.03 Å². The Hall–Kier alpha value is -1.93. The van der Waals surface area contributed by atoms with E-state index in [4.69, 9.17) is 5.73 Å². The molecule has 2 fully saturated rings. The van der Waals surface area contributed by atoms with Crippen molar-refractivity contribution < 1.29 is 14.4 Å². The highest BCUT2D eigenvalue weighted by molar-refractivity contribution is 7.09. The Morgan fingerprint density at radius 1 is 1.45 bits per heavy atom. The highest BCUT2D eigenvalue weighted by Gasteiger charge is 2.47. The van der Waals surface area contributed by atoms with Crippen molar-refractivity contribution in [3.63, 3.8) is 0 Å². The number of nitrogens with one attached hydrogen (secondary N) is 1. The lowest BCUT2D eigenvalue weighted by atomic mass is 9.91. The molecule has 22 heavy (non-hydrogen) atoms. The third kappa shape index (κ3) is 2.71. The molecule has 7 nitrogen and oxygen atoms in total. The second kappa shape index (κ2) is 6.05. The highest BCUT2D eigenvalue weighted by Crippen LogP contribution is 2.29. The van der Waals surface area contributed by atoms with E-state index in [1.54, 1.807) is 0 Å². The molecule has 0 saturated carbocycles. The van der Waals surface area contributed by atoms with Gasteiger partial charge in [-0.2, -0.15) is 0 Å². The molecule has 4 amide bonds. The predicted octanol–water partition coefficient (Wildman–Crippen LogP) is 0.323. The molecule has 1 aromatic heterocycles. The molecular weight excluding hydrogens is 304 g/mol. The van der Waals surface area contributed by atoms with Crippen molar-refractivity contribution >= 4 is 29.2 Å². The quantitative estimate of drug-likeness (QED) is 0.834. The zero-order valence-electron chi connectivity index (χ0n) is 12.0. The van der Waals surface area contributed by atoms with Crippen molar-refractivity contribution in [3.8, 4) is 0 Å². The number of carbonyl (C=O) groups is 3. The lowest BCUT2D eigenvalue weighted by molar-refractivity contribution is -0.143. The summed E-state index contributed by atoms with van der Waals surface area (Å²) in [5.41, 5.74) is 5.26. The van der Waals surface area contributed by atoms with Gasteiger partial charge in [0, 0.05) is 4.88 Å². The monoisotopic (exact) mass is 322 g/mol. The predicted molar refractivity (Wildman–Crippen MR) is 80.7 cm³/mol. The van der Waals surface area contributed by atoms with E-state index in [0.717, 1.165) is 17.8 Å². The van der Waals surface area contributed by atoms with Crippen LogP contribution in [0.25, 0.3) is 0 Å². The van der Waals surface area contributed by atoms with Gasteiger partial charge in [-0.1, -0.05) is 6.07 Å². The van der Waals surface area contributed by atoms with Gasteiger partial charge in [-0.05, 0) is 30.8 Å². The number of urea groups is 1. The minimum atomic E-state index is -0.579. The molecule has 2 aliphatic rings. The first kappa shape index (κ1) is 15.0. The Morgan fingerprint density at radius 2 is 2.27 bits per heavy atom. The minimum absolute atomic E-state index is 0.170. The average Bonchev–Trinajstić information content (AvgIpc) is 3.01. The number of rotatable bonds is 4. The molecule has 3 N–H and O–H groups in total. The van der Waals surface area contributed by atoms with Crippen LogP contribution in [-0.4, -0.2) is 46.9 Å². The summed E-state index contributed by atoms with van der Waals surface area (Å²) in [6, 6.07) is 3.31. The summed E-state index contributed by atoms with van der Waals surface area (Å²) in [5.74, 6) is -1.06. The van der Waals surface area contributed by atoms with Crippen molar-refractivity contribution in [2.24, 2.45) is 11.7 Å². The molecule has 0 spiro atoms. The van der Waals surface area contributed by atoms with E-state index < -0.39 is 18.1 Å². The zero-order chi connectivity index (χ0) is 15.7. The average molecular weight is 322 g/mol.